The predicted molar refractivity (Wildman–Crippen MR) is 65.0 cm³/mol. The van der Waals surface area contributed by atoms with Crippen LogP contribution < -0.4 is 0 Å². The Kier molecular flexibility index (Phi) is 3.11. The third-order valence-electron chi connectivity index (χ3n) is 3.22. The van der Waals surface area contributed by atoms with Gasteiger partial charge in [0.2, 0.25) is 0 Å². The topological polar surface area (TPSA) is 3.24 Å². The zero-order valence-corrected chi connectivity index (χ0v) is 10.0. The molecule has 1 aliphatic heterocycles. The molecule has 2 rings (SSSR count). The third-order valence-corrected chi connectivity index (χ3v) is 3.22. The lowest BCUT2D eigenvalue weighted by Crippen LogP contribution is -2.30. The Bertz CT molecular complexity index is 330. The minimum absolute atomic E-state index is 0.736. The fraction of sp³-hybridized carbons (Fsp3) is 0.571. The number of hydrogen-bond acceptors (Lipinski definition) is 1. The Morgan fingerprint density at radius 1 is 1.33 bits per heavy atom. The minimum atomic E-state index is 0.736. The SMILES string of the molecule is CC(C)CC1CN(C)Cc2ccccc21. The monoisotopic (exact) mass is 203 g/mol. The number of nitrogens with zero attached hydrogens (tertiary/aromatic N) is 1. The van der Waals surface area contributed by atoms with Crippen molar-refractivity contribution in [2.24, 2.45) is 5.92 Å². The average Bonchev–Trinajstić information content (AvgIpc) is 2.16. The molecule has 1 aliphatic rings. The van der Waals surface area contributed by atoms with E-state index in [1.165, 1.54) is 18.5 Å². The van der Waals surface area contributed by atoms with Crippen LogP contribution in [0.4, 0.5) is 0 Å². The molecule has 0 amide bonds. The van der Waals surface area contributed by atoms with E-state index in [2.05, 4.69) is 50.1 Å². The molecule has 0 aromatic heterocycles. The smallest absolute Gasteiger partial charge is 0.0233 e. The van der Waals surface area contributed by atoms with Gasteiger partial charge in [-0.1, -0.05) is 38.1 Å². The maximum atomic E-state index is 2.44. The molecule has 15 heavy (non-hydrogen) atoms. The van der Waals surface area contributed by atoms with Gasteiger partial charge in [0.1, 0.15) is 0 Å². The molecule has 1 atom stereocenters. The number of hydrogen-bond donors (Lipinski definition) is 0. The van der Waals surface area contributed by atoms with Crippen molar-refractivity contribution < 1.29 is 0 Å². The van der Waals surface area contributed by atoms with Crippen molar-refractivity contribution >= 4 is 0 Å². The highest BCUT2D eigenvalue weighted by molar-refractivity contribution is 5.32. The van der Waals surface area contributed by atoms with Crippen LogP contribution in [0.2, 0.25) is 0 Å². The van der Waals surface area contributed by atoms with Crippen molar-refractivity contribution in [2.45, 2.75) is 32.7 Å². The van der Waals surface area contributed by atoms with E-state index in [1.807, 2.05) is 0 Å². The van der Waals surface area contributed by atoms with E-state index in [0.29, 0.717) is 0 Å². The van der Waals surface area contributed by atoms with E-state index in [-0.39, 0.29) is 0 Å². The first-order chi connectivity index (χ1) is 7.16. The van der Waals surface area contributed by atoms with Crippen LogP contribution in [0.25, 0.3) is 0 Å². The number of benzene rings is 1. The second kappa shape index (κ2) is 4.36. The first kappa shape index (κ1) is 10.7. The lowest BCUT2D eigenvalue weighted by Gasteiger charge is -2.33. The summed E-state index contributed by atoms with van der Waals surface area (Å²) < 4.78 is 0. The van der Waals surface area contributed by atoms with E-state index in [4.69, 9.17) is 0 Å². The van der Waals surface area contributed by atoms with E-state index in [9.17, 15) is 0 Å². The summed E-state index contributed by atoms with van der Waals surface area (Å²) in [4.78, 5) is 2.44. The zero-order chi connectivity index (χ0) is 10.8. The number of rotatable bonds is 2. The van der Waals surface area contributed by atoms with E-state index < -0.39 is 0 Å². The molecule has 0 radical (unpaired) electrons. The second-order valence-electron chi connectivity index (χ2n) is 5.22. The molecule has 1 heteroatoms. The van der Waals surface area contributed by atoms with Crippen LogP contribution in [0.1, 0.15) is 37.3 Å². The molecular formula is C14H21N. The summed E-state index contributed by atoms with van der Waals surface area (Å²) in [6.45, 7) is 6.97. The first-order valence-corrected chi connectivity index (χ1v) is 5.93. The predicted octanol–water partition coefficient (Wildman–Crippen LogP) is 3.26. The Morgan fingerprint density at radius 2 is 2.07 bits per heavy atom. The first-order valence-electron chi connectivity index (χ1n) is 5.93. The average molecular weight is 203 g/mol. The van der Waals surface area contributed by atoms with Gasteiger partial charge in [-0.2, -0.15) is 0 Å². The summed E-state index contributed by atoms with van der Waals surface area (Å²) >= 11 is 0. The maximum absolute atomic E-state index is 2.44. The number of fused-ring (bicyclic) bond motifs is 1. The molecule has 0 saturated heterocycles. The van der Waals surface area contributed by atoms with E-state index in [1.54, 1.807) is 5.56 Å². The minimum Gasteiger partial charge on any atom is -0.301 e. The Morgan fingerprint density at radius 3 is 2.80 bits per heavy atom. The molecule has 0 spiro atoms. The van der Waals surface area contributed by atoms with E-state index in [0.717, 1.165) is 18.4 Å². The van der Waals surface area contributed by atoms with Crippen LogP contribution in [0, 0.1) is 5.92 Å². The van der Waals surface area contributed by atoms with Gasteiger partial charge >= 0.3 is 0 Å². The molecule has 1 aromatic carbocycles. The molecule has 82 valence electrons. The summed E-state index contributed by atoms with van der Waals surface area (Å²) in [6.07, 6.45) is 1.31. The largest absolute Gasteiger partial charge is 0.301 e. The van der Waals surface area contributed by atoms with Gasteiger partial charge in [0.15, 0.2) is 0 Å². The Labute approximate surface area is 93.1 Å². The van der Waals surface area contributed by atoms with Crippen LogP contribution in [-0.2, 0) is 6.54 Å². The van der Waals surface area contributed by atoms with Crippen molar-refractivity contribution in [3.63, 3.8) is 0 Å². The lowest BCUT2D eigenvalue weighted by atomic mass is 9.84. The van der Waals surface area contributed by atoms with Crippen molar-refractivity contribution in [2.75, 3.05) is 13.6 Å². The standard InChI is InChI=1S/C14H21N/c1-11(2)8-13-10-15(3)9-12-6-4-5-7-14(12)13/h4-7,11,13H,8-10H2,1-3H3. The molecular weight excluding hydrogens is 182 g/mol. The summed E-state index contributed by atoms with van der Waals surface area (Å²) in [5.41, 5.74) is 3.11. The maximum Gasteiger partial charge on any atom is 0.0233 e. The highest BCUT2D eigenvalue weighted by Crippen LogP contribution is 2.31. The van der Waals surface area contributed by atoms with Crippen molar-refractivity contribution in [1.82, 2.24) is 4.90 Å². The molecule has 1 unspecified atom stereocenters. The molecule has 0 aliphatic carbocycles. The Hall–Kier alpha value is -0.820. The molecule has 0 fully saturated rings. The third kappa shape index (κ3) is 2.40. The number of likely N-dealkylation sites (N-methyl/N-ethyl adjacent to an activating group) is 1. The Balaban J connectivity index is 2.26. The molecule has 1 heterocycles. The summed E-state index contributed by atoms with van der Waals surface area (Å²) in [5, 5.41) is 0. The molecule has 1 nitrogen and oxygen atoms in total. The van der Waals surface area contributed by atoms with Gasteiger partial charge in [-0.05, 0) is 36.4 Å². The quantitative estimate of drug-likeness (QED) is 0.713. The van der Waals surface area contributed by atoms with Gasteiger partial charge in [-0.25, -0.2) is 0 Å². The van der Waals surface area contributed by atoms with Crippen molar-refractivity contribution in [1.29, 1.82) is 0 Å². The summed E-state index contributed by atoms with van der Waals surface area (Å²) in [6, 6.07) is 8.93. The van der Waals surface area contributed by atoms with Crippen LogP contribution >= 0.6 is 0 Å². The lowest BCUT2D eigenvalue weighted by molar-refractivity contribution is 0.264. The highest BCUT2D eigenvalue weighted by atomic mass is 15.1. The van der Waals surface area contributed by atoms with Gasteiger partial charge in [-0.3, -0.25) is 0 Å². The molecule has 0 N–H and O–H groups in total. The second-order valence-corrected chi connectivity index (χ2v) is 5.22. The van der Waals surface area contributed by atoms with Crippen LogP contribution in [0.15, 0.2) is 24.3 Å². The summed E-state index contributed by atoms with van der Waals surface area (Å²) in [5.74, 6) is 1.52. The van der Waals surface area contributed by atoms with Gasteiger partial charge in [0.25, 0.3) is 0 Å². The van der Waals surface area contributed by atoms with Gasteiger partial charge in [0.05, 0.1) is 0 Å². The zero-order valence-electron chi connectivity index (χ0n) is 10.0. The summed E-state index contributed by atoms with van der Waals surface area (Å²) in [7, 11) is 2.23. The van der Waals surface area contributed by atoms with E-state index >= 15 is 0 Å². The fourth-order valence-corrected chi connectivity index (χ4v) is 2.68. The van der Waals surface area contributed by atoms with Gasteiger partial charge in [0, 0.05) is 13.1 Å². The van der Waals surface area contributed by atoms with Crippen LogP contribution in [-0.4, -0.2) is 18.5 Å². The van der Waals surface area contributed by atoms with Crippen LogP contribution in [0.5, 0.6) is 0 Å². The van der Waals surface area contributed by atoms with Gasteiger partial charge in [-0.15, -0.1) is 0 Å². The van der Waals surface area contributed by atoms with Crippen molar-refractivity contribution in [3.05, 3.63) is 35.4 Å². The van der Waals surface area contributed by atoms with Crippen LogP contribution in [0.3, 0.4) is 0 Å². The normalized spacial score (nSPS) is 21.7. The molecule has 0 saturated carbocycles. The molecule has 0 bridgehead atoms. The van der Waals surface area contributed by atoms with Crippen molar-refractivity contribution in [3.8, 4) is 0 Å². The fourth-order valence-electron chi connectivity index (χ4n) is 2.68. The highest BCUT2D eigenvalue weighted by Gasteiger charge is 2.23. The van der Waals surface area contributed by atoms with Gasteiger partial charge < -0.3 is 4.90 Å². The molecule has 1 aromatic rings.